The number of aromatic nitrogens is 2. The summed E-state index contributed by atoms with van der Waals surface area (Å²) in [6.45, 7) is 2.89. The van der Waals surface area contributed by atoms with Crippen LogP contribution in [0.5, 0.6) is 0 Å². The van der Waals surface area contributed by atoms with E-state index in [1.165, 1.54) is 30.3 Å². The largest absolute Gasteiger partial charge is 0.453 e. The molecule has 4 rings (SSSR count). The van der Waals surface area contributed by atoms with Crippen molar-refractivity contribution in [3.63, 3.8) is 0 Å². The third-order valence-corrected chi connectivity index (χ3v) is 5.86. The molecular weight excluding hydrogens is 442 g/mol. The molecule has 2 aromatic heterocycles. The van der Waals surface area contributed by atoms with Gasteiger partial charge in [0.05, 0.1) is 42.8 Å². The molecule has 1 aromatic carbocycles. The molecule has 1 atom stereocenters. The Labute approximate surface area is 188 Å². The number of hydrogen-bond donors (Lipinski definition) is 1. The lowest BCUT2D eigenvalue weighted by molar-refractivity contribution is -0.0241. The highest BCUT2D eigenvalue weighted by Gasteiger charge is 2.29. The number of hydrogen-bond acceptors (Lipinski definition) is 5. The van der Waals surface area contributed by atoms with E-state index in [9.17, 15) is 9.18 Å². The van der Waals surface area contributed by atoms with Crippen molar-refractivity contribution in [2.24, 2.45) is 0 Å². The van der Waals surface area contributed by atoms with E-state index >= 15 is 4.39 Å². The predicted molar refractivity (Wildman–Crippen MR) is 117 cm³/mol. The van der Waals surface area contributed by atoms with Crippen LogP contribution in [0.1, 0.15) is 18.2 Å². The number of aryl methyl sites for hydroxylation is 1. The molecule has 0 bridgehead atoms. The number of halogens is 3. The van der Waals surface area contributed by atoms with Crippen LogP contribution in [0, 0.1) is 11.6 Å². The Balaban J connectivity index is 1.84. The molecule has 0 saturated carbocycles. The topological polar surface area (TPSA) is 82.1 Å². The van der Waals surface area contributed by atoms with Gasteiger partial charge in [0.2, 0.25) is 0 Å². The molecule has 3 aromatic rings. The number of pyridine rings is 1. The van der Waals surface area contributed by atoms with E-state index < -0.39 is 23.8 Å². The standard InChI is InChI=1S/C22H23ClF2N4O3/c1-3-12-6-13(26)7-16(24)20(12)21-18(29-11-17(25)15(23)9-19(29)27-21)8-14-10-28(4-5-32-14)22(30)31-2/h6-7,9,11,14H,3-5,8,10,26H2,1-2H3/t14-/m0/s1. The normalized spacial score (nSPS) is 16.5. The zero-order chi connectivity index (χ0) is 23.0. The summed E-state index contributed by atoms with van der Waals surface area (Å²) in [5, 5.41) is -0.0834. The number of morpholine rings is 1. The van der Waals surface area contributed by atoms with Crippen LogP contribution in [0.15, 0.2) is 24.4 Å². The fraction of sp³-hybridized carbons (Fsp3) is 0.364. The highest BCUT2D eigenvalue weighted by Crippen LogP contribution is 2.34. The van der Waals surface area contributed by atoms with Crippen LogP contribution in [0.4, 0.5) is 19.3 Å². The second kappa shape index (κ2) is 8.91. The number of fused-ring (bicyclic) bond motifs is 1. The zero-order valence-corrected chi connectivity index (χ0v) is 18.5. The summed E-state index contributed by atoms with van der Waals surface area (Å²) in [6.07, 6.45) is 1.15. The third kappa shape index (κ3) is 4.10. The number of anilines is 1. The Morgan fingerprint density at radius 3 is 2.84 bits per heavy atom. The van der Waals surface area contributed by atoms with Crippen LogP contribution in [-0.2, 0) is 22.3 Å². The Hall–Kier alpha value is -2.91. The summed E-state index contributed by atoms with van der Waals surface area (Å²) >= 11 is 5.97. The molecule has 0 aliphatic carbocycles. The second-order valence-electron chi connectivity index (χ2n) is 7.61. The first-order chi connectivity index (χ1) is 15.3. The van der Waals surface area contributed by atoms with E-state index in [0.29, 0.717) is 53.4 Å². The third-order valence-electron chi connectivity index (χ3n) is 5.57. The van der Waals surface area contributed by atoms with Gasteiger partial charge in [0.15, 0.2) is 5.82 Å². The number of methoxy groups -OCH3 is 1. The first kappa shape index (κ1) is 22.3. The summed E-state index contributed by atoms with van der Waals surface area (Å²) in [7, 11) is 1.32. The average Bonchev–Trinajstić information content (AvgIpc) is 3.09. The molecule has 32 heavy (non-hydrogen) atoms. The van der Waals surface area contributed by atoms with Crippen LogP contribution < -0.4 is 5.73 Å². The van der Waals surface area contributed by atoms with Crippen LogP contribution >= 0.6 is 11.6 Å². The summed E-state index contributed by atoms with van der Waals surface area (Å²) in [6, 6.07) is 4.34. The number of amides is 1. The number of rotatable bonds is 4. The van der Waals surface area contributed by atoms with Crippen molar-refractivity contribution in [3.05, 3.63) is 52.3 Å². The van der Waals surface area contributed by atoms with Crippen molar-refractivity contribution in [2.75, 3.05) is 32.5 Å². The zero-order valence-electron chi connectivity index (χ0n) is 17.7. The predicted octanol–water partition coefficient (Wildman–Crippen LogP) is 4.09. The number of carbonyl (C=O) groups is 1. The molecule has 7 nitrogen and oxygen atoms in total. The molecule has 170 valence electrons. The van der Waals surface area contributed by atoms with Gasteiger partial charge in [-0.05, 0) is 24.1 Å². The van der Waals surface area contributed by atoms with E-state index in [4.69, 9.17) is 26.8 Å². The van der Waals surface area contributed by atoms with E-state index in [-0.39, 0.29) is 18.0 Å². The van der Waals surface area contributed by atoms with Crippen molar-refractivity contribution in [3.8, 4) is 11.3 Å². The van der Waals surface area contributed by atoms with Gasteiger partial charge in [0, 0.05) is 36.5 Å². The quantitative estimate of drug-likeness (QED) is 0.588. The first-order valence-corrected chi connectivity index (χ1v) is 10.6. The van der Waals surface area contributed by atoms with Gasteiger partial charge in [-0.1, -0.05) is 18.5 Å². The van der Waals surface area contributed by atoms with E-state index in [1.807, 2.05) is 6.92 Å². The average molecular weight is 465 g/mol. The molecule has 1 fully saturated rings. The van der Waals surface area contributed by atoms with Gasteiger partial charge < -0.3 is 24.5 Å². The monoisotopic (exact) mass is 464 g/mol. The lowest BCUT2D eigenvalue weighted by Gasteiger charge is -2.32. The highest BCUT2D eigenvalue weighted by atomic mass is 35.5. The van der Waals surface area contributed by atoms with Gasteiger partial charge in [-0.2, -0.15) is 0 Å². The number of nitrogens with two attached hydrogens (primary N) is 1. The summed E-state index contributed by atoms with van der Waals surface area (Å²) in [5.41, 5.74) is 8.42. The van der Waals surface area contributed by atoms with E-state index in [1.54, 1.807) is 10.5 Å². The van der Waals surface area contributed by atoms with Gasteiger partial charge >= 0.3 is 6.09 Å². The number of nitrogens with zero attached hydrogens (tertiary/aromatic N) is 3. The lowest BCUT2D eigenvalue weighted by atomic mass is 9.97. The first-order valence-electron chi connectivity index (χ1n) is 10.2. The Morgan fingerprint density at radius 2 is 2.12 bits per heavy atom. The molecule has 1 aliphatic heterocycles. The smallest absolute Gasteiger partial charge is 0.409 e. The van der Waals surface area contributed by atoms with Gasteiger partial charge in [0.25, 0.3) is 0 Å². The fourth-order valence-corrected chi connectivity index (χ4v) is 4.21. The van der Waals surface area contributed by atoms with Crippen molar-refractivity contribution in [1.82, 2.24) is 14.3 Å². The van der Waals surface area contributed by atoms with Crippen LogP contribution in [0.25, 0.3) is 16.9 Å². The van der Waals surface area contributed by atoms with Crippen LogP contribution in [0.3, 0.4) is 0 Å². The molecule has 0 unspecified atom stereocenters. The minimum Gasteiger partial charge on any atom is -0.453 e. The molecular formula is C22H23ClF2N4O3. The number of benzene rings is 1. The van der Waals surface area contributed by atoms with Crippen molar-refractivity contribution < 1.29 is 23.0 Å². The minimum absolute atomic E-state index is 0.0834. The molecule has 1 aliphatic rings. The number of nitrogen functional groups attached to an aromatic ring is 1. The maximum absolute atomic E-state index is 15.1. The molecule has 10 heteroatoms. The summed E-state index contributed by atoms with van der Waals surface area (Å²) < 4.78 is 41.7. The van der Waals surface area contributed by atoms with Gasteiger partial charge in [-0.3, -0.25) is 0 Å². The van der Waals surface area contributed by atoms with Gasteiger partial charge in [0.1, 0.15) is 11.5 Å². The molecule has 0 spiro atoms. The van der Waals surface area contributed by atoms with Crippen molar-refractivity contribution >= 4 is 29.0 Å². The Morgan fingerprint density at radius 1 is 1.34 bits per heavy atom. The van der Waals surface area contributed by atoms with E-state index in [2.05, 4.69) is 4.98 Å². The molecule has 2 N–H and O–H groups in total. The fourth-order valence-electron chi connectivity index (χ4n) is 4.07. The summed E-state index contributed by atoms with van der Waals surface area (Å²) in [4.78, 5) is 18.1. The van der Waals surface area contributed by atoms with Crippen molar-refractivity contribution in [1.29, 1.82) is 0 Å². The van der Waals surface area contributed by atoms with Crippen molar-refractivity contribution in [2.45, 2.75) is 25.9 Å². The summed E-state index contributed by atoms with van der Waals surface area (Å²) in [5.74, 6) is -1.14. The Bertz CT molecular complexity index is 1180. The maximum Gasteiger partial charge on any atom is 0.409 e. The van der Waals surface area contributed by atoms with Gasteiger partial charge in [-0.15, -0.1) is 0 Å². The maximum atomic E-state index is 15.1. The number of imidazole rings is 1. The molecule has 3 heterocycles. The highest BCUT2D eigenvalue weighted by molar-refractivity contribution is 6.31. The SMILES string of the molecule is CCc1cc(N)cc(F)c1-c1nc2cc(Cl)c(F)cn2c1C[C@H]1CN(C(=O)OC)CCO1. The molecule has 1 amide bonds. The molecule has 0 radical (unpaired) electrons. The van der Waals surface area contributed by atoms with Crippen LogP contribution in [-0.4, -0.2) is 53.3 Å². The van der Waals surface area contributed by atoms with E-state index in [0.717, 1.165) is 0 Å². The molecule has 1 saturated heterocycles. The van der Waals surface area contributed by atoms with Gasteiger partial charge in [-0.25, -0.2) is 18.6 Å². The van der Waals surface area contributed by atoms with Crippen LogP contribution in [0.2, 0.25) is 5.02 Å². The number of ether oxygens (including phenoxy) is 2. The Kier molecular flexibility index (Phi) is 6.21. The lowest BCUT2D eigenvalue weighted by Crippen LogP contribution is -2.46. The second-order valence-corrected chi connectivity index (χ2v) is 8.02. The minimum atomic E-state index is -0.626. The number of carbonyl (C=O) groups excluding carboxylic acids is 1.